The van der Waals surface area contributed by atoms with E-state index in [0.717, 1.165) is 0 Å². The molecule has 0 aliphatic carbocycles. The Balaban J connectivity index is 3.03. The lowest BCUT2D eigenvalue weighted by molar-refractivity contribution is 0.0767. The Morgan fingerprint density at radius 2 is 1.82 bits per heavy atom. The monoisotopic (exact) mass is 246 g/mol. The number of carbonyl (C=O) groups is 1. The maximum Gasteiger partial charge on any atom is 0.254 e. The molecule has 0 aliphatic heterocycles. The average molecular weight is 246 g/mol. The summed E-state index contributed by atoms with van der Waals surface area (Å²) < 4.78 is 38.6. The summed E-state index contributed by atoms with van der Waals surface area (Å²) in [5, 5.41) is 0. The van der Waals surface area contributed by atoms with Crippen LogP contribution in [0.1, 0.15) is 17.3 Å². The number of amides is 1. The predicted octanol–water partition coefficient (Wildman–Crippen LogP) is 1.52. The molecule has 0 fully saturated rings. The molecule has 0 radical (unpaired) electrons. The van der Waals surface area contributed by atoms with Gasteiger partial charge < -0.3 is 10.6 Å². The van der Waals surface area contributed by atoms with Gasteiger partial charge in [0.25, 0.3) is 5.91 Å². The van der Waals surface area contributed by atoms with Crippen LogP contribution < -0.4 is 5.73 Å². The van der Waals surface area contributed by atoms with Crippen LogP contribution in [0.5, 0.6) is 0 Å². The standard InChI is InChI=1S/C11H13F3N2O/c1-2-16(4-3-15)11(17)7-5-8(12)10(14)9(13)6-7/h5-6H,2-4,15H2,1H3. The molecule has 94 valence electrons. The maximum absolute atomic E-state index is 12.9. The zero-order valence-electron chi connectivity index (χ0n) is 9.34. The van der Waals surface area contributed by atoms with Crippen LogP contribution >= 0.6 is 0 Å². The maximum atomic E-state index is 12.9. The zero-order valence-corrected chi connectivity index (χ0v) is 9.34. The first-order chi connectivity index (χ1) is 8.01. The lowest BCUT2D eigenvalue weighted by Crippen LogP contribution is -2.35. The molecule has 0 aliphatic rings. The highest BCUT2D eigenvalue weighted by atomic mass is 19.2. The topological polar surface area (TPSA) is 46.3 Å². The van der Waals surface area contributed by atoms with Crippen LogP contribution in [0, 0.1) is 17.5 Å². The molecular weight excluding hydrogens is 233 g/mol. The minimum atomic E-state index is -1.58. The van der Waals surface area contributed by atoms with Crippen molar-refractivity contribution in [2.75, 3.05) is 19.6 Å². The molecule has 0 spiro atoms. The van der Waals surface area contributed by atoms with Gasteiger partial charge in [0.05, 0.1) is 0 Å². The normalized spacial score (nSPS) is 10.4. The van der Waals surface area contributed by atoms with Crippen LogP contribution in [0.25, 0.3) is 0 Å². The minimum Gasteiger partial charge on any atom is -0.338 e. The molecule has 17 heavy (non-hydrogen) atoms. The number of nitrogens with zero attached hydrogens (tertiary/aromatic N) is 1. The summed E-state index contributed by atoms with van der Waals surface area (Å²) in [7, 11) is 0. The lowest BCUT2D eigenvalue weighted by Gasteiger charge is -2.20. The number of likely N-dealkylation sites (N-methyl/N-ethyl adjacent to an activating group) is 1. The minimum absolute atomic E-state index is 0.225. The van der Waals surface area contributed by atoms with Gasteiger partial charge in [-0.05, 0) is 19.1 Å². The summed E-state index contributed by atoms with van der Waals surface area (Å²) in [5.41, 5.74) is 5.08. The summed E-state index contributed by atoms with van der Waals surface area (Å²) in [6.07, 6.45) is 0. The van der Waals surface area contributed by atoms with E-state index in [4.69, 9.17) is 5.73 Å². The summed E-state index contributed by atoms with van der Waals surface area (Å²) >= 11 is 0. The highest BCUT2D eigenvalue weighted by Crippen LogP contribution is 2.15. The molecule has 0 bridgehead atoms. The molecule has 1 aromatic carbocycles. The van der Waals surface area contributed by atoms with Gasteiger partial charge in [-0.15, -0.1) is 0 Å². The number of halogens is 3. The fraction of sp³-hybridized carbons (Fsp3) is 0.364. The van der Waals surface area contributed by atoms with Gasteiger partial charge in [-0.3, -0.25) is 4.79 Å². The molecule has 0 atom stereocenters. The average Bonchev–Trinajstić information content (AvgIpc) is 2.31. The summed E-state index contributed by atoms with van der Waals surface area (Å²) in [4.78, 5) is 13.1. The van der Waals surface area contributed by atoms with E-state index in [1.807, 2.05) is 0 Å². The number of benzene rings is 1. The van der Waals surface area contributed by atoms with Crippen LogP contribution in [0.4, 0.5) is 13.2 Å². The summed E-state index contributed by atoms with van der Waals surface area (Å²) in [6, 6.07) is 1.36. The van der Waals surface area contributed by atoms with Crippen LogP contribution in [0.3, 0.4) is 0 Å². The van der Waals surface area contributed by atoms with E-state index >= 15 is 0 Å². The Bertz CT molecular complexity index is 400. The third-order valence-corrected chi connectivity index (χ3v) is 2.30. The number of nitrogens with two attached hydrogens (primary N) is 1. The van der Waals surface area contributed by atoms with Crippen molar-refractivity contribution < 1.29 is 18.0 Å². The van der Waals surface area contributed by atoms with E-state index < -0.39 is 23.4 Å². The van der Waals surface area contributed by atoms with E-state index in [9.17, 15) is 18.0 Å². The van der Waals surface area contributed by atoms with Crippen molar-refractivity contribution in [3.8, 4) is 0 Å². The van der Waals surface area contributed by atoms with Gasteiger partial charge >= 0.3 is 0 Å². The van der Waals surface area contributed by atoms with E-state index in [1.165, 1.54) is 4.90 Å². The third kappa shape index (κ3) is 2.97. The first kappa shape index (κ1) is 13.5. The second-order valence-electron chi connectivity index (χ2n) is 3.43. The molecule has 0 unspecified atom stereocenters. The summed E-state index contributed by atoms with van der Waals surface area (Å²) in [5.74, 6) is -4.91. The van der Waals surface area contributed by atoms with Crippen molar-refractivity contribution in [3.63, 3.8) is 0 Å². The first-order valence-corrected chi connectivity index (χ1v) is 5.15. The molecule has 2 N–H and O–H groups in total. The molecular formula is C11H13F3N2O. The highest BCUT2D eigenvalue weighted by Gasteiger charge is 2.18. The van der Waals surface area contributed by atoms with E-state index in [1.54, 1.807) is 6.92 Å². The van der Waals surface area contributed by atoms with Crippen molar-refractivity contribution in [1.82, 2.24) is 4.90 Å². The van der Waals surface area contributed by atoms with Gasteiger partial charge in [0.15, 0.2) is 17.5 Å². The van der Waals surface area contributed by atoms with E-state index in [0.29, 0.717) is 18.7 Å². The lowest BCUT2D eigenvalue weighted by atomic mass is 10.1. The van der Waals surface area contributed by atoms with Gasteiger partial charge in [-0.1, -0.05) is 0 Å². The molecule has 0 aromatic heterocycles. The molecule has 0 saturated heterocycles. The quantitative estimate of drug-likeness (QED) is 0.819. The number of hydrogen-bond acceptors (Lipinski definition) is 2. The van der Waals surface area contributed by atoms with Gasteiger partial charge in [0, 0.05) is 25.2 Å². The summed E-state index contributed by atoms with van der Waals surface area (Å²) in [6.45, 7) is 2.59. The third-order valence-electron chi connectivity index (χ3n) is 2.30. The highest BCUT2D eigenvalue weighted by molar-refractivity contribution is 5.94. The first-order valence-electron chi connectivity index (χ1n) is 5.15. The van der Waals surface area contributed by atoms with Gasteiger partial charge in [-0.25, -0.2) is 13.2 Å². The molecule has 1 aromatic rings. The fourth-order valence-electron chi connectivity index (χ4n) is 1.42. The van der Waals surface area contributed by atoms with Crippen molar-refractivity contribution >= 4 is 5.91 Å². The van der Waals surface area contributed by atoms with Gasteiger partial charge in [0.2, 0.25) is 0 Å². The number of rotatable bonds is 4. The molecule has 0 heterocycles. The van der Waals surface area contributed by atoms with Crippen LogP contribution in [-0.4, -0.2) is 30.4 Å². The Morgan fingerprint density at radius 1 is 1.29 bits per heavy atom. The van der Waals surface area contributed by atoms with Crippen molar-refractivity contribution in [1.29, 1.82) is 0 Å². The second-order valence-corrected chi connectivity index (χ2v) is 3.43. The molecule has 1 rings (SSSR count). The molecule has 6 heteroatoms. The van der Waals surface area contributed by atoms with Crippen molar-refractivity contribution in [3.05, 3.63) is 35.1 Å². The number of carbonyl (C=O) groups excluding carboxylic acids is 1. The molecule has 3 nitrogen and oxygen atoms in total. The fourth-order valence-corrected chi connectivity index (χ4v) is 1.42. The number of hydrogen-bond donors (Lipinski definition) is 1. The SMILES string of the molecule is CCN(CCN)C(=O)c1cc(F)c(F)c(F)c1. The smallest absolute Gasteiger partial charge is 0.254 e. The second kappa shape index (κ2) is 5.67. The van der Waals surface area contributed by atoms with Crippen molar-refractivity contribution in [2.45, 2.75) is 6.92 Å². The Hall–Kier alpha value is -1.56. The predicted molar refractivity (Wildman–Crippen MR) is 56.9 cm³/mol. The Kier molecular flexibility index (Phi) is 4.51. The van der Waals surface area contributed by atoms with Crippen LogP contribution in [0.15, 0.2) is 12.1 Å². The van der Waals surface area contributed by atoms with E-state index in [-0.39, 0.29) is 18.7 Å². The van der Waals surface area contributed by atoms with Crippen LogP contribution in [-0.2, 0) is 0 Å². The van der Waals surface area contributed by atoms with Gasteiger partial charge in [0.1, 0.15) is 0 Å². The van der Waals surface area contributed by atoms with Crippen LogP contribution in [0.2, 0.25) is 0 Å². The van der Waals surface area contributed by atoms with E-state index in [2.05, 4.69) is 0 Å². The zero-order chi connectivity index (χ0) is 13.0. The molecule has 0 saturated carbocycles. The largest absolute Gasteiger partial charge is 0.338 e. The molecule has 1 amide bonds. The van der Waals surface area contributed by atoms with Crippen molar-refractivity contribution in [2.24, 2.45) is 5.73 Å². The van der Waals surface area contributed by atoms with Gasteiger partial charge in [-0.2, -0.15) is 0 Å². The Morgan fingerprint density at radius 3 is 2.24 bits per heavy atom. The Labute approximate surface area is 97.0 Å².